The fraction of sp³-hybridized carbons (Fsp3) is 0.550. The van der Waals surface area contributed by atoms with Crippen LogP contribution in [0.4, 0.5) is 0 Å². The van der Waals surface area contributed by atoms with Gasteiger partial charge in [0.05, 0.1) is 5.69 Å². The Balaban J connectivity index is 1.43. The molecule has 0 radical (unpaired) electrons. The van der Waals surface area contributed by atoms with Crippen molar-refractivity contribution < 1.29 is 4.79 Å². The van der Waals surface area contributed by atoms with Gasteiger partial charge < -0.3 is 9.88 Å². The quantitative estimate of drug-likeness (QED) is 0.838. The molecule has 0 aromatic carbocycles. The minimum atomic E-state index is -0.117. The van der Waals surface area contributed by atoms with Gasteiger partial charge >= 0.3 is 0 Å². The van der Waals surface area contributed by atoms with Crippen molar-refractivity contribution >= 4 is 11.4 Å². The van der Waals surface area contributed by atoms with Crippen LogP contribution in [0.15, 0.2) is 28.8 Å². The summed E-state index contributed by atoms with van der Waals surface area (Å²) in [5.41, 5.74) is 4.08. The van der Waals surface area contributed by atoms with Crippen molar-refractivity contribution in [1.82, 2.24) is 19.5 Å². The number of aromatic nitrogens is 3. The van der Waals surface area contributed by atoms with E-state index in [9.17, 15) is 9.59 Å². The number of amides is 1. The van der Waals surface area contributed by atoms with Crippen molar-refractivity contribution in [2.75, 3.05) is 6.54 Å². The number of fused-ring (bicyclic) bond motifs is 3. The molecule has 2 aliphatic carbocycles. The molecular formula is C20H26N4O2. The van der Waals surface area contributed by atoms with Gasteiger partial charge in [-0.05, 0) is 57.8 Å². The predicted molar refractivity (Wildman–Crippen MR) is 100 cm³/mol. The first-order valence-corrected chi connectivity index (χ1v) is 9.76. The summed E-state index contributed by atoms with van der Waals surface area (Å²) >= 11 is 0. The second kappa shape index (κ2) is 7.48. The summed E-state index contributed by atoms with van der Waals surface area (Å²) in [5, 5.41) is 7.48. The summed E-state index contributed by atoms with van der Waals surface area (Å²) in [6.07, 6.45) is 15.6. The Morgan fingerprint density at radius 3 is 2.81 bits per heavy atom. The van der Waals surface area contributed by atoms with Crippen molar-refractivity contribution in [2.45, 2.75) is 64.3 Å². The van der Waals surface area contributed by atoms with E-state index in [2.05, 4.69) is 16.5 Å². The molecule has 26 heavy (non-hydrogen) atoms. The van der Waals surface area contributed by atoms with E-state index in [0.29, 0.717) is 12.1 Å². The zero-order chi connectivity index (χ0) is 17.9. The van der Waals surface area contributed by atoms with Gasteiger partial charge in [-0.2, -0.15) is 5.10 Å². The average molecular weight is 354 g/mol. The van der Waals surface area contributed by atoms with Gasteiger partial charge in [0.2, 0.25) is 5.91 Å². The van der Waals surface area contributed by atoms with E-state index in [1.165, 1.54) is 23.0 Å². The Morgan fingerprint density at radius 2 is 1.96 bits per heavy atom. The van der Waals surface area contributed by atoms with E-state index in [1.807, 2.05) is 0 Å². The molecule has 1 amide bonds. The number of nitrogens with one attached hydrogen (secondary N) is 1. The smallest absolute Gasteiger partial charge is 0.277 e. The summed E-state index contributed by atoms with van der Waals surface area (Å²) in [5.74, 6) is -0.110. The molecule has 6 nitrogen and oxygen atoms in total. The summed E-state index contributed by atoms with van der Waals surface area (Å²) in [6, 6.07) is 0. The first-order valence-electron chi connectivity index (χ1n) is 9.76. The molecule has 1 N–H and O–H groups in total. The first-order chi connectivity index (χ1) is 12.7. The summed E-state index contributed by atoms with van der Waals surface area (Å²) in [6.45, 7) is 0.706. The molecule has 2 aromatic rings. The molecule has 2 aromatic heterocycles. The fourth-order valence-electron chi connectivity index (χ4n) is 4.08. The number of nitrogens with zero attached hydrogens (tertiary/aromatic N) is 3. The number of carbonyl (C=O) groups excluding carboxylic acids is 1. The summed E-state index contributed by atoms with van der Waals surface area (Å²) < 4.78 is 3.18. The normalized spacial score (nSPS) is 17.0. The molecule has 2 aliphatic rings. The highest BCUT2D eigenvalue weighted by atomic mass is 16.2. The van der Waals surface area contributed by atoms with Gasteiger partial charge in [-0.15, -0.1) is 0 Å². The molecule has 0 spiro atoms. The molecular weight excluding hydrogens is 328 g/mol. The SMILES string of the molecule is O=C(Cn1ccn2nc3c(c2c1=O)CCCC3)NCCC1=CCCCC1. The van der Waals surface area contributed by atoms with E-state index in [-0.39, 0.29) is 18.0 Å². The van der Waals surface area contributed by atoms with Crippen LogP contribution in [-0.2, 0) is 24.2 Å². The zero-order valence-electron chi connectivity index (χ0n) is 15.2. The molecule has 0 aliphatic heterocycles. The molecule has 0 saturated carbocycles. The van der Waals surface area contributed by atoms with Crippen LogP contribution in [0.1, 0.15) is 56.2 Å². The van der Waals surface area contributed by atoms with E-state index < -0.39 is 0 Å². The number of hydrogen-bond acceptors (Lipinski definition) is 3. The fourth-order valence-corrected chi connectivity index (χ4v) is 4.08. The largest absolute Gasteiger partial charge is 0.354 e. The van der Waals surface area contributed by atoms with Crippen LogP contribution in [0, 0.1) is 0 Å². The first kappa shape index (κ1) is 17.1. The molecule has 0 atom stereocenters. The van der Waals surface area contributed by atoms with Crippen molar-refractivity contribution in [1.29, 1.82) is 0 Å². The van der Waals surface area contributed by atoms with E-state index in [4.69, 9.17) is 0 Å². The Labute approximate surface area is 152 Å². The Bertz CT molecular complexity index is 906. The third-order valence-corrected chi connectivity index (χ3v) is 5.50. The van der Waals surface area contributed by atoms with Crippen molar-refractivity contribution in [3.63, 3.8) is 0 Å². The predicted octanol–water partition coefficient (Wildman–Crippen LogP) is 2.38. The standard InChI is InChI=1S/C20H26N4O2/c25-18(21-11-10-15-6-2-1-3-7-15)14-23-12-13-24-19(20(23)26)16-8-4-5-9-17(16)22-24/h6,12-13H,1-5,7-11,14H2,(H,21,25). The van der Waals surface area contributed by atoms with Gasteiger partial charge in [0.1, 0.15) is 12.1 Å². The lowest BCUT2D eigenvalue weighted by molar-refractivity contribution is -0.121. The molecule has 0 fully saturated rings. The molecule has 0 bridgehead atoms. The Hall–Kier alpha value is -2.37. The maximum Gasteiger partial charge on any atom is 0.277 e. The third-order valence-electron chi connectivity index (χ3n) is 5.50. The number of carbonyl (C=O) groups is 1. The van der Waals surface area contributed by atoms with Crippen LogP contribution in [0.3, 0.4) is 0 Å². The van der Waals surface area contributed by atoms with Gasteiger partial charge in [0.15, 0.2) is 0 Å². The second-order valence-electron chi connectivity index (χ2n) is 7.36. The van der Waals surface area contributed by atoms with Crippen LogP contribution in [0.5, 0.6) is 0 Å². The molecule has 0 saturated heterocycles. The number of hydrogen-bond donors (Lipinski definition) is 1. The highest BCUT2D eigenvalue weighted by Crippen LogP contribution is 2.22. The van der Waals surface area contributed by atoms with Crippen LogP contribution < -0.4 is 10.9 Å². The molecule has 2 heterocycles. The van der Waals surface area contributed by atoms with Gasteiger partial charge in [-0.3, -0.25) is 9.59 Å². The molecule has 0 unspecified atom stereocenters. The third kappa shape index (κ3) is 3.45. The number of allylic oxidation sites excluding steroid dienone is 1. The minimum absolute atomic E-state index is 0.0638. The van der Waals surface area contributed by atoms with Crippen molar-refractivity contribution in [3.05, 3.63) is 45.7 Å². The maximum absolute atomic E-state index is 12.8. The topological polar surface area (TPSA) is 68.4 Å². The lowest BCUT2D eigenvalue weighted by Gasteiger charge is -2.13. The van der Waals surface area contributed by atoms with Crippen LogP contribution >= 0.6 is 0 Å². The van der Waals surface area contributed by atoms with Crippen molar-refractivity contribution in [3.8, 4) is 0 Å². The summed E-state index contributed by atoms with van der Waals surface area (Å²) in [4.78, 5) is 25.1. The average Bonchev–Trinajstić information content (AvgIpc) is 3.04. The second-order valence-corrected chi connectivity index (χ2v) is 7.36. The molecule has 138 valence electrons. The highest BCUT2D eigenvalue weighted by Gasteiger charge is 2.20. The number of aryl methyl sites for hydroxylation is 2. The van der Waals surface area contributed by atoms with Gasteiger partial charge in [0.25, 0.3) is 5.56 Å². The van der Waals surface area contributed by atoms with E-state index in [1.54, 1.807) is 16.9 Å². The van der Waals surface area contributed by atoms with E-state index in [0.717, 1.165) is 56.2 Å². The van der Waals surface area contributed by atoms with Gasteiger partial charge in [-0.1, -0.05) is 11.6 Å². The monoisotopic (exact) mass is 354 g/mol. The lowest BCUT2D eigenvalue weighted by atomic mass is 9.97. The van der Waals surface area contributed by atoms with E-state index >= 15 is 0 Å². The van der Waals surface area contributed by atoms with Gasteiger partial charge in [-0.25, -0.2) is 4.52 Å². The van der Waals surface area contributed by atoms with Crippen LogP contribution in [0.25, 0.3) is 5.52 Å². The van der Waals surface area contributed by atoms with Gasteiger partial charge in [0, 0.05) is 24.5 Å². The van der Waals surface area contributed by atoms with Crippen molar-refractivity contribution in [2.24, 2.45) is 0 Å². The zero-order valence-corrected chi connectivity index (χ0v) is 15.2. The maximum atomic E-state index is 12.8. The minimum Gasteiger partial charge on any atom is -0.354 e. The Morgan fingerprint density at radius 1 is 1.12 bits per heavy atom. The number of rotatable bonds is 5. The molecule has 6 heteroatoms. The van der Waals surface area contributed by atoms with Crippen LogP contribution in [-0.4, -0.2) is 26.6 Å². The Kier molecular flexibility index (Phi) is 4.91. The lowest BCUT2D eigenvalue weighted by Crippen LogP contribution is -2.33. The highest BCUT2D eigenvalue weighted by molar-refractivity contribution is 5.75. The molecule has 4 rings (SSSR count). The summed E-state index contributed by atoms with van der Waals surface area (Å²) in [7, 11) is 0. The van der Waals surface area contributed by atoms with Crippen LogP contribution in [0.2, 0.25) is 0 Å².